The lowest BCUT2D eigenvalue weighted by Gasteiger charge is -2.03. The summed E-state index contributed by atoms with van der Waals surface area (Å²) in [4.78, 5) is 29.0. The number of nitrogens with one attached hydrogen (secondary N) is 1. The number of carbonyl (C=O) groups excluding carboxylic acids is 1. The summed E-state index contributed by atoms with van der Waals surface area (Å²) in [6.07, 6.45) is 4.74. The highest BCUT2D eigenvalue weighted by atomic mass is 32.1. The van der Waals surface area contributed by atoms with E-state index in [1.54, 1.807) is 18.4 Å². The first-order valence-electron chi connectivity index (χ1n) is 6.10. The van der Waals surface area contributed by atoms with Crippen molar-refractivity contribution in [1.29, 1.82) is 0 Å². The Morgan fingerprint density at radius 1 is 1.42 bits per heavy atom. The molecule has 2 aromatic heterocycles. The standard InChI is InChI=1S/C13H13N3O2S/c1-16-7-8(5-6-11(16)17)12(18)15-13-14-9-3-2-4-10(9)19-13/h5-7H,2-4H2,1H3,(H,14,15,18). The van der Waals surface area contributed by atoms with Crippen LogP contribution in [0.3, 0.4) is 0 Å². The van der Waals surface area contributed by atoms with Crippen molar-refractivity contribution in [3.8, 4) is 0 Å². The van der Waals surface area contributed by atoms with Crippen LogP contribution in [0.25, 0.3) is 0 Å². The molecule has 0 unspecified atom stereocenters. The summed E-state index contributed by atoms with van der Waals surface area (Å²) in [5.41, 5.74) is 1.43. The minimum Gasteiger partial charge on any atom is -0.318 e. The monoisotopic (exact) mass is 275 g/mol. The van der Waals surface area contributed by atoms with Gasteiger partial charge in [0.1, 0.15) is 0 Å². The highest BCUT2D eigenvalue weighted by Crippen LogP contribution is 2.30. The summed E-state index contributed by atoms with van der Waals surface area (Å²) in [5, 5.41) is 3.43. The lowest BCUT2D eigenvalue weighted by atomic mass is 10.2. The lowest BCUT2D eigenvalue weighted by Crippen LogP contribution is -2.19. The molecule has 0 bridgehead atoms. The summed E-state index contributed by atoms with van der Waals surface area (Å²) >= 11 is 1.54. The predicted molar refractivity (Wildman–Crippen MR) is 73.8 cm³/mol. The Labute approximate surface area is 113 Å². The molecule has 0 fully saturated rings. The van der Waals surface area contributed by atoms with Crippen LogP contribution in [0.4, 0.5) is 5.13 Å². The highest BCUT2D eigenvalue weighted by Gasteiger charge is 2.18. The Morgan fingerprint density at radius 3 is 3.00 bits per heavy atom. The number of fused-ring (bicyclic) bond motifs is 1. The van der Waals surface area contributed by atoms with Crippen molar-refractivity contribution in [3.63, 3.8) is 0 Å². The van der Waals surface area contributed by atoms with E-state index in [4.69, 9.17) is 0 Å². The van der Waals surface area contributed by atoms with Crippen molar-refractivity contribution >= 4 is 22.4 Å². The van der Waals surface area contributed by atoms with E-state index in [1.165, 1.54) is 27.8 Å². The van der Waals surface area contributed by atoms with Gasteiger partial charge in [0.05, 0.1) is 11.3 Å². The number of amides is 1. The van der Waals surface area contributed by atoms with E-state index >= 15 is 0 Å². The van der Waals surface area contributed by atoms with Crippen molar-refractivity contribution < 1.29 is 4.79 Å². The summed E-state index contributed by atoms with van der Waals surface area (Å²) in [6, 6.07) is 2.91. The number of aromatic nitrogens is 2. The summed E-state index contributed by atoms with van der Waals surface area (Å²) in [7, 11) is 1.62. The largest absolute Gasteiger partial charge is 0.318 e. The molecule has 1 N–H and O–H groups in total. The minimum absolute atomic E-state index is 0.134. The van der Waals surface area contributed by atoms with Gasteiger partial charge in [0.25, 0.3) is 5.91 Å². The molecule has 0 saturated carbocycles. The van der Waals surface area contributed by atoms with Gasteiger partial charge in [-0.3, -0.25) is 14.9 Å². The van der Waals surface area contributed by atoms with E-state index in [1.807, 2.05) is 0 Å². The number of carbonyl (C=O) groups is 1. The topological polar surface area (TPSA) is 64.0 Å². The van der Waals surface area contributed by atoms with Gasteiger partial charge < -0.3 is 4.57 Å². The Balaban J connectivity index is 1.80. The zero-order valence-corrected chi connectivity index (χ0v) is 11.3. The zero-order valence-electron chi connectivity index (χ0n) is 10.5. The van der Waals surface area contributed by atoms with Gasteiger partial charge in [0, 0.05) is 24.2 Å². The van der Waals surface area contributed by atoms with Crippen LogP contribution in [0, 0.1) is 0 Å². The quantitative estimate of drug-likeness (QED) is 0.905. The Kier molecular flexibility index (Phi) is 2.94. The van der Waals surface area contributed by atoms with Gasteiger partial charge in [-0.15, -0.1) is 11.3 Å². The smallest absolute Gasteiger partial charge is 0.258 e. The number of aryl methyl sites for hydroxylation is 3. The number of hydrogen-bond donors (Lipinski definition) is 1. The maximum atomic E-state index is 12.0. The van der Waals surface area contributed by atoms with Gasteiger partial charge in [-0.2, -0.15) is 0 Å². The summed E-state index contributed by atoms with van der Waals surface area (Å²) in [6.45, 7) is 0. The third-order valence-corrected chi connectivity index (χ3v) is 4.24. The third kappa shape index (κ3) is 2.31. The molecule has 0 radical (unpaired) electrons. The van der Waals surface area contributed by atoms with Crippen LogP contribution in [-0.2, 0) is 19.9 Å². The molecule has 1 aliphatic rings. The van der Waals surface area contributed by atoms with E-state index in [-0.39, 0.29) is 11.5 Å². The van der Waals surface area contributed by atoms with Gasteiger partial charge in [-0.1, -0.05) is 0 Å². The van der Waals surface area contributed by atoms with E-state index in [2.05, 4.69) is 10.3 Å². The van der Waals surface area contributed by atoms with Crippen molar-refractivity contribution in [2.45, 2.75) is 19.3 Å². The number of pyridine rings is 1. The Morgan fingerprint density at radius 2 is 2.26 bits per heavy atom. The molecule has 3 rings (SSSR count). The van der Waals surface area contributed by atoms with Crippen LogP contribution < -0.4 is 10.9 Å². The van der Waals surface area contributed by atoms with Crippen molar-refractivity contribution in [3.05, 3.63) is 44.8 Å². The van der Waals surface area contributed by atoms with E-state index in [9.17, 15) is 9.59 Å². The molecule has 98 valence electrons. The molecule has 1 amide bonds. The number of rotatable bonds is 2. The fourth-order valence-electron chi connectivity index (χ4n) is 2.14. The SMILES string of the molecule is Cn1cc(C(=O)Nc2nc3c(s2)CCC3)ccc1=O. The van der Waals surface area contributed by atoms with E-state index in [0.29, 0.717) is 10.7 Å². The normalized spacial score (nSPS) is 13.3. The van der Waals surface area contributed by atoms with Crippen LogP contribution in [-0.4, -0.2) is 15.5 Å². The number of nitrogens with zero attached hydrogens (tertiary/aromatic N) is 2. The van der Waals surface area contributed by atoms with Gasteiger partial charge in [0.2, 0.25) is 5.56 Å². The van der Waals surface area contributed by atoms with E-state index < -0.39 is 0 Å². The molecule has 0 aromatic carbocycles. The minimum atomic E-state index is -0.233. The fraction of sp³-hybridized carbons (Fsp3) is 0.308. The molecule has 1 aliphatic carbocycles. The zero-order chi connectivity index (χ0) is 13.4. The third-order valence-electron chi connectivity index (χ3n) is 3.16. The molecular weight excluding hydrogens is 262 g/mol. The lowest BCUT2D eigenvalue weighted by molar-refractivity contribution is 0.102. The van der Waals surface area contributed by atoms with Crippen molar-refractivity contribution in [1.82, 2.24) is 9.55 Å². The Bertz CT molecular complexity index is 681. The molecule has 0 spiro atoms. The average Bonchev–Trinajstić information content (AvgIpc) is 2.93. The number of anilines is 1. The molecule has 19 heavy (non-hydrogen) atoms. The fourth-order valence-corrected chi connectivity index (χ4v) is 3.19. The first kappa shape index (κ1) is 12.1. The van der Waals surface area contributed by atoms with Gasteiger partial charge in [-0.25, -0.2) is 4.98 Å². The molecular formula is C13H13N3O2S. The van der Waals surface area contributed by atoms with Gasteiger partial charge >= 0.3 is 0 Å². The summed E-state index contributed by atoms with van der Waals surface area (Å²) < 4.78 is 1.39. The molecule has 0 saturated heterocycles. The van der Waals surface area contributed by atoms with E-state index in [0.717, 1.165) is 25.0 Å². The second-order valence-electron chi connectivity index (χ2n) is 4.56. The average molecular weight is 275 g/mol. The van der Waals surface area contributed by atoms with Crippen LogP contribution in [0.2, 0.25) is 0 Å². The number of thiazole rings is 1. The maximum Gasteiger partial charge on any atom is 0.258 e. The van der Waals surface area contributed by atoms with Crippen LogP contribution in [0.15, 0.2) is 23.1 Å². The van der Waals surface area contributed by atoms with Crippen LogP contribution in [0.1, 0.15) is 27.3 Å². The molecule has 0 aliphatic heterocycles. The van der Waals surface area contributed by atoms with Crippen LogP contribution >= 0.6 is 11.3 Å². The predicted octanol–water partition coefficient (Wildman–Crippen LogP) is 1.58. The molecule has 0 atom stereocenters. The van der Waals surface area contributed by atoms with Gasteiger partial charge in [0.15, 0.2) is 5.13 Å². The first-order chi connectivity index (χ1) is 9.13. The van der Waals surface area contributed by atoms with Crippen molar-refractivity contribution in [2.75, 3.05) is 5.32 Å². The Hall–Kier alpha value is -1.95. The molecule has 2 heterocycles. The molecule has 2 aromatic rings. The van der Waals surface area contributed by atoms with Gasteiger partial charge in [-0.05, 0) is 25.3 Å². The molecule has 5 nitrogen and oxygen atoms in total. The first-order valence-corrected chi connectivity index (χ1v) is 6.92. The summed E-state index contributed by atoms with van der Waals surface area (Å²) in [5.74, 6) is -0.233. The van der Waals surface area contributed by atoms with Crippen molar-refractivity contribution in [2.24, 2.45) is 7.05 Å². The second-order valence-corrected chi connectivity index (χ2v) is 5.65. The second kappa shape index (κ2) is 4.62. The molecule has 6 heteroatoms. The highest BCUT2D eigenvalue weighted by molar-refractivity contribution is 7.15. The number of hydrogen-bond acceptors (Lipinski definition) is 4. The maximum absolute atomic E-state index is 12.0. The van der Waals surface area contributed by atoms with Crippen LogP contribution in [0.5, 0.6) is 0 Å².